The Labute approximate surface area is 192 Å². The molecule has 3 N–H and O–H groups in total. The molecule has 0 bridgehead atoms. The van der Waals surface area contributed by atoms with E-state index in [2.05, 4.69) is 5.32 Å². The SMILES string of the molecule is CC(C)C1CC(=O)N(c2ccc(CC(=O)NC(C)(C)CCOC(C)(C)CCN)cc2)C1=O. The quantitative estimate of drug-likeness (QED) is 0.509. The minimum atomic E-state index is -0.407. The Kier molecular flexibility index (Phi) is 8.60. The zero-order valence-corrected chi connectivity index (χ0v) is 20.4. The van der Waals surface area contributed by atoms with Crippen LogP contribution in [0.2, 0.25) is 0 Å². The highest BCUT2D eigenvalue weighted by Crippen LogP contribution is 2.30. The minimum Gasteiger partial charge on any atom is -0.375 e. The first kappa shape index (κ1) is 26.0. The first-order chi connectivity index (χ1) is 14.8. The first-order valence-corrected chi connectivity index (χ1v) is 11.5. The number of carbonyl (C=O) groups is 3. The number of hydrogen-bond acceptors (Lipinski definition) is 5. The summed E-state index contributed by atoms with van der Waals surface area (Å²) in [6.45, 7) is 13.0. The molecule has 1 unspecified atom stereocenters. The van der Waals surface area contributed by atoms with Crippen molar-refractivity contribution in [1.82, 2.24) is 5.32 Å². The highest BCUT2D eigenvalue weighted by molar-refractivity contribution is 6.21. The number of anilines is 1. The molecule has 0 aliphatic carbocycles. The number of nitrogens with one attached hydrogen (secondary N) is 1. The lowest BCUT2D eigenvalue weighted by Crippen LogP contribution is -2.45. The monoisotopic (exact) mass is 445 g/mol. The van der Waals surface area contributed by atoms with Gasteiger partial charge >= 0.3 is 0 Å². The molecule has 1 fully saturated rings. The summed E-state index contributed by atoms with van der Waals surface area (Å²) in [5, 5.41) is 3.06. The molecule has 1 aliphatic rings. The molecule has 3 amide bonds. The molecule has 1 heterocycles. The minimum absolute atomic E-state index is 0.0860. The van der Waals surface area contributed by atoms with E-state index >= 15 is 0 Å². The van der Waals surface area contributed by atoms with Gasteiger partial charge in [0, 0.05) is 18.6 Å². The predicted octanol–water partition coefficient (Wildman–Crippen LogP) is 3.19. The molecule has 1 saturated heterocycles. The van der Waals surface area contributed by atoms with Gasteiger partial charge in [-0.05, 0) is 70.7 Å². The Morgan fingerprint density at radius 3 is 2.31 bits per heavy atom. The summed E-state index contributed by atoms with van der Waals surface area (Å²) in [5.74, 6) is -0.538. The largest absolute Gasteiger partial charge is 0.375 e. The Balaban J connectivity index is 1.90. The van der Waals surface area contributed by atoms with Crippen molar-refractivity contribution in [2.45, 2.75) is 78.4 Å². The molecule has 2 rings (SSSR count). The van der Waals surface area contributed by atoms with E-state index < -0.39 is 5.54 Å². The smallest absolute Gasteiger partial charge is 0.237 e. The average Bonchev–Trinajstić information content (AvgIpc) is 2.96. The van der Waals surface area contributed by atoms with Crippen LogP contribution in [0.3, 0.4) is 0 Å². The molecule has 1 aliphatic heterocycles. The second-order valence-corrected chi connectivity index (χ2v) is 10.3. The second kappa shape index (κ2) is 10.6. The fraction of sp³-hybridized carbons (Fsp3) is 0.640. The van der Waals surface area contributed by atoms with Gasteiger partial charge < -0.3 is 15.8 Å². The van der Waals surface area contributed by atoms with Crippen molar-refractivity contribution in [3.8, 4) is 0 Å². The van der Waals surface area contributed by atoms with Crippen LogP contribution < -0.4 is 16.0 Å². The molecule has 1 atom stereocenters. The maximum absolute atomic E-state index is 12.6. The zero-order chi connectivity index (χ0) is 24.1. The van der Waals surface area contributed by atoms with Crippen LogP contribution >= 0.6 is 0 Å². The van der Waals surface area contributed by atoms with Crippen molar-refractivity contribution in [1.29, 1.82) is 0 Å². The Bertz CT molecular complexity index is 815. The van der Waals surface area contributed by atoms with E-state index in [1.165, 1.54) is 4.90 Å². The number of amides is 3. The Hall–Kier alpha value is -2.25. The molecule has 0 aromatic heterocycles. The Morgan fingerprint density at radius 2 is 1.78 bits per heavy atom. The molecule has 32 heavy (non-hydrogen) atoms. The number of nitrogens with two attached hydrogens (primary N) is 1. The lowest BCUT2D eigenvalue weighted by atomic mass is 9.94. The number of ether oxygens (including phenoxy) is 1. The lowest BCUT2D eigenvalue weighted by Gasteiger charge is -2.30. The summed E-state index contributed by atoms with van der Waals surface area (Å²) in [6.07, 6.45) is 1.94. The van der Waals surface area contributed by atoms with Crippen LogP contribution in [0.1, 0.15) is 66.4 Å². The summed E-state index contributed by atoms with van der Waals surface area (Å²) >= 11 is 0. The number of hydrogen-bond donors (Lipinski definition) is 2. The van der Waals surface area contributed by atoms with E-state index in [1.54, 1.807) is 24.3 Å². The van der Waals surface area contributed by atoms with Gasteiger partial charge in [-0.3, -0.25) is 19.3 Å². The van der Waals surface area contributed by atoms with Crippen molar-refractivity contribution >= 4 is 23.4 Å². The normalized spacial score (nSPS) is 17.4. The highest BCUT2D eigenvalue weighted by atomic mass is 16.5. The van der Waals surface area contributed by atoms with E-state index in [0.29, 0.717) is 25.3 Å². The van der Waals surface area contributed by atoms with Gasteiger partial charge in [-0.25, -0.2) is 0 Å². The van der Waals surface area contributed by atoms with Crippen LogP contribution in [0, 0.1) is 11.8 Å². The molecule has 1 aromatic rings. The van der Waals surface area contributed by atoms with E-state index in [9.17, 15) is 14.4 Å². The molecular weight excluding hydrogens is 406 g/mol. The zero-order valence-electron chi connectivity index (χ0n) is 20.4. The van der Waals surface area contributed by atoms with Gasteiger partial charge in [0.25, 0.3) is 0 Å². The fourth-order valence-electron chi connectivity index (χ4n) is 3.88. The van der Waals surface area contributed by atoms with Crippen LogP contribution in [-0.4, -0.2) is 42.0 Å². The van der Waals surface area contributed by atoms with Crippen LogP contribution in [0.15, 0.2) is 24.3 Å². The summed E-state index contributed by atoms with van der Waals surface area (Å²) in [5.41, 5.74) is 6.32. The van der Waals surface area contributed by atoms with E-state index in [4.69, 9.17) is 10.5 Å². The van der Waals surface area contributed by atoms with Crippen molar-refractivity contribution in [2.75, 3.05) is 18.1 Å². The van der Waals surface area contributed by atoms with Gasteiger partial charge in [0.2, 0.25) is 17.7 Å². The van der Waals surface area contributed by atoms with E-state index in [1.807, 2.05) is 41.5 Å². The van der Waals surface area contributed by atoms with Crippen molar-refractivity contribution in [3.63, 3.8) is 0 Å². The summed E-state index contributed by atoms with van der Waals surface area (Å²) in [7, 11) is 0. The van der Waals surface area contributed by atoms with Crippen LogP contribution in [0.4, 0.5) is 5.69 Å². The fourth-order valence-corrected chi connectivity index (χ4v) is 3.88. The maximum atomic E-state index is 12.6. The first-order valence-electron chi connectivity index (χ1n) is 11.5. The van der Waals surface area contributed by atoms with Gasteiger partial charge in [0.05, 0.1) is 23.6 Å². The number of carbonyl (C=O) groups excluding carboxylic acids is 3. The maximum Gasteiger partial charge on any atom is 0.237 e. The molecular formula is C25H39N3O4. The van der Waals surface area contributed by atoms with E-state index in [-0.39, 0.29) is 48.0 Å². The summed E-state index contributed by atoms with van der Waals surface area (Å²) < 4.78 is 5.92. The number of rotatable bonds is 11. The van der Waals surface area contributed by atoms with Crippen molar-refractivity contribution < 1.29 is 19.1 Å². The third-order valence-corrected chi connectivity index (χ3v) is 5.99. The topological polar surface area (TPSA) is 102 Å². The third kappa shape index (κ3) is 7.14. The van der Waals surface area contributed by atoms with Gasteiger partial charge in [-0.15, -0.1) is 0 Å². The van der Waals surface area contributed by atoms with E-state index in [0.717, 1.165) is 12.0 Å². The van der Waals surface area contributed by atoms with Gasteiger partial charge in [-0.1, -0.05) is 26.0 Å². The molecule has 1 aromatic carbocycles. The summed E-state index contributed by atoms with van der Waals surface area (Å²) in [4.78, 5) is 38.7. The second-order valence-electron chi connectivity index (χ2n) is 10.3. The van der Waals surface area contributed by atoms with Gasteiger partial charge in [0.1, 0.15) is 0 Å². The van der Waals surface area contributed by atoms with Crippen LogP contribution in [0.25, 0.3) is 0 Å². The average molecular weight is 446 g/mol. The van der Waals surface area contributed by atoms with Crippen LogP contribution in [0.5, 0.6) is 0 Å². The van der Waals surface area contributed by atoms with Gasteiger partial charge in [-0.2, -0.15) is 0 Å². The van der Waals surface area contributed by atoms with Gasteiger partial charge in [0.15, 0.2) is 0 Å². The standard InChI is InChI=1S/C25H39N3O4/c1-17(2)20-16-22(30)28(23(20)31)19-9-7-18(8-10-19)15-21(29)27-24(3,4)12-14-32-25(5,6)11-13-26/h7-10,17,20H,11-16,26H2,1-6H3,(H,27,29). The molecule has 0 saturated carbocycles. The molecule has 0 radical (unpaired) electrons. The molecule has 7 nitrogen and oxygen atoms in total. The summed E-state index contributed by atoms with van der Waals surface area (Å²) in [6, 6.07) is 7.06. The number of benzene rings is 1. The Morgan fingerprint density at radius 1 is 1.16 bits per heavy atom. The number of imide groups is 1. The highest BCUT2D eigenvalue weighted by Gasteiger charge is 2.40. The molecule has 7 heteroatoms. The van der Waals surface area contributed by atoms with Crippen molar-refractivity contribution in [2.24, 2.45) is 17.6 Å². The number of nitrogens with zero attached hydrogens (tertiary/aromatic N) is 1. The lowest BCUT2D eigenvalue weighted by molar-refractivity contribution is -0.123. The molecule has 0 spiro atoms. The third-order valence-electron chi connectivity index (χ3n) is 5.99. The molecule has 178 valence electrons. The van der Waals surface area contributed by atoms with Crippen molar-refractivity contribution in [3.05, 3.63) is 29.8 Å². The van der Waals surface area contributed by atoms with Crippen LogP contribution in [-0.2, 0) is 25.5 Å². The predicted molar refractivity (Wildman–Crippen MR) is 126 cm³/mol.